The van der Waals surface area contributed by atoms with E-state index in [-0.39, 0.29) is 23.3 Å². The minimum atomic E-state index is -0.474. The standard InChI is InChI=1S/C15H13N5O3/c1-9-6-10(20(21)22)2-3-14(9)19-15(17)12(7-16)11-4-5-23-8-13(11)18-19/h2-3,6,17H,4-5,8H2,1H3. The average Bonchev–Trinajstić information content (AvgIpc) is 2.54. The molecular formula is C15H13N5O3. The minimum absolute atomic E-state index is 0.0231. The number of aryl methyl sites for hydroxylation is 1. The molecule has 2 aromatic rings. The van der Waals surface area contributed by atoms with Gasteiger partial charge < -0.3 is 4.74 Å². The van der Waals surface area contributed by atoms with Crippen LogP contribution >= 0.6 is 0 Å². The highest BCUT2D eigenvalue weighted by atomic mass is 16.6. The molecular weight excluding hydrogens is 298 g/mol. The maximum absolute atomic E-state index is 10.8. The van der Waals surface area contributed by atoms with Crippen molar-refractivity contribution in [3.63, 3.8) is 0 Å². The van der Waals surface area contributed by atoms with Crippen molar-refractivity contribution in [2.75, 3.05) is 6.61 Å². The van der Waals surface area contributed by atoms with Gasteiger partial charge in [0.2, 0.25) is 0 Å². The zero-order valence-corrected chi connectivity index (χ0v) is 12.4. The van der Waals surface area contributed by atoms with Gasteiger partial charge in [-0.15, -0.1) is 0 Å². The Labute approximate surface area is 131 Å². The summed E-state index contributed by atoms with van der Waals surface area (Å²) in [5.41, 5.74) is 2.73. The fourth-order valence-electron chi connectivity index (χ4n) is 2.64. The quantitative estimate of drug-likeness (QED) is 0.666. The number of rotatable bonds is 2. The molecule has 1 aromatic carbocycles. The second kappa shape index (κ2) is 5.62. The summed E-state index contributed by atoms with van der Waals surface area (Å²) in [5, 5.41) is 32.9. The molecule has 0 bridgehead atoms. The third-order valence-corrected chi connectivity index (χ3v) is 3.79. The molecule has 0 amide bonds. The molecule has 0 unspecified atom stereocenters. The van der Waals surface area contributed by atoms with Gasteiger partial charge in [0.05, 0.1) is 29.5 Å². The average molecular weight is 311 g/mol. The maximum atomic E-state index is 10.8. The maximum Gasteiger partial charge on any atom is 0.269 e. The normalized spacial score (nSPS) is 13.2. The topological polar surface area (TPSA) is 118 Å². The second-order valence-electron chi connectivity index (χ2n) is 5.20. The summed E-state index contributed by atoms with van der Waals surface area (Å²) in [6, 6.07) is 6.39. The predicted octanol–water partition coefficient (Wildman–Crippen LogP) is 1.51. The first-order valence-corrected chi connectivity index (χ1v) is 6.96. The third kappa shape index (κ3) is 2.47. The van der Waals surface area contributed by atoms with E-state index < -0.39 is 4.92 Å². The molecule has 116 valence electrons. The van der Waals surface area contributed by atoms with Crippen LogP contribution in [0.25, 0.3) is 5.69 Å². The van der Waals surface area contributed by atoms with Gasteiger partial charge in [0.1, 0.15) is 11.6 Å². The third-order valence-electron chi connectivity index (χ3n) is 3.79. The zero-order valence-electron chi connectivity index (χ0n) is 12.4. The first-order chi connectivity index (χ1) is 11.0. The molecule has 0 fully saturated rings. The van der Waals surface area contributed by atoms with E-state index in [1.165, 1.54) is 22.9 Å². The summed E-state index contributed by atoms with van der Waals surface area (Å²) in [6.45, 7) is 2.50. The number of hydrogen-bond acceptors (Lipinski definition) is 6. The lowest BCUT2D eigenvalue weighted by Crippen LogP contribution is -2.30. The Kier molecular flexibility index (Phi) is 3.64. The van der Waals surface area contributed by atoms with Crippen molar-refractivity contribution in [3.05, 3.63) is 56.2 Å². The van der Waals surface area contributed by atoms with Crippen molar-refractivity contribution in [3.8, 4) is 11.8 Å². The van der Waals surface area contributed by atoms with Crippen LogP contribution in [-0.4, -0.2) is 21.3 Å². The van der Waals surface area contributed by atoms with E-state index in [0.29, 0.717) is 30.0 Å². The largest absolute Gasteiger partial charge is 0.375 e. The summed E-state index contributed by atoms with van der Waals surface area (Å²) in [5.74, 6) is 0. The van der Waals surface area contributed by atoms with Crippen molar-refractivity contribution in [1.82, 2.24) is 9.78 Å². The number of nitrogens with one attached hydrogen (secondary N) is 1. The number of fused-ring (bicyclic) bond motifs is 1. The molecule has 0 saturated heterocycles. The Morgan fingerprint density at radius 1 is 1.52 bits per heavy atom. The molecule has 0 aliphatic carbocycles. The number of nitro benzene ring substituents is 1. The van der Waals surface area contributed by atoms with E-state index >= 15 is 0 Å². The lowest BCUT2D eigenvalue weighted by molar-refractivity contribution is -0.384. The Bertz CT molecular complexity index is 911. The van der Waals surface area contributed by atoms with Gasteiger partial charge in [-0.25, -0.2) is 4.68 Å². The fraction of sp³-hybridized carbons (Fsp3) is 0.267. The lowest BCUT2D eigenvalue weighted by Gasteiger charge is -2.19. The Morgan fingerprint density at radius 3 is 2.96 bits per heavy atom. The van der Waals surface area contributed by atoms with E-state index in [2.05, 4.69) is 11.2 Å². The van der Waals surface area contributed by atoms with Crippen LogP contribution in [-0.2, 0) is 17.8 Å². The monoisotopic (exact) mass is 311 g/mol. The number of ether oxygens (including phenoxy) is 1. The van der Waals surface area contributed by atoms with Gasteiger partial charge >= 0.3 is 0 Å². The predicted molar refractivity (Wildman–Crippen MR) is 78.9 cm³/mol. The number of nitrogens with zero attached hydrogens (tertiary/aromatic N) is 4. The van der Waals surface area contributed by atoms with E-state index in [1.54, 1.807) is 6.92 Å². The van der Waals surface area contributed by atoms with Crippen LogP contribution in [0.2, 0.25) is 0 Å². The van der Waals surface area contributed by atoms with Gasteiger partial charge in [-0.1, -0.05) is 0 Å². The van der Waals surface area contributed by atoms with Gasteiger partial charge in [-0.2, -0.15) is 10.4 Å². The van der Waals surface area contributed by atoms with E-state index in [1.807, 2.05) is 0 Å². The fourth-order valence-corrected chi connectivity index (χ4v) is 2.64. The first-order valence-electron chi connectivity index (χ1n) is 6.96. The number of aromatic nitrogens is 2. The molecule has 1 N–H and O–H groups in total. The molecule has 8 nitrogen and oxygen atoms in total. The van der Waals surface area contributed by atoms with Gasteiger partial charge in [-0.3, -0.25) is 15.5 Å². The molecule has 0 radical (unpaired) electrons. The highest BCUT2D eigenvalue weighted by molar-refractivity contribution is 5.48. The van der Waals surface area contributed by atoms with Crippen LogP contribution in [0.4, 0.5) is 5.69 Å². The van der Waals surface area contributed by atoms with Crippen molar-refractivity contribution in [1.29, 1.82) is 10.7 Å². The van der Waals surface area contributed by atoms with Crippen LogP contribution in [0.5, 0.6) is 0 Å². The highest BCUT2D eigenvalue weighted by Gasteiger charge is 2.20. The van der Waals surface area contributed by atoms with Crippen molar-refractivity contribution < 1.29 is 9.66 Å². The number of nitriles is 1. The Balaban J connectivity index is 2.23. The molecule has 1 aliphatic heterocycles. The van der Waals surface area contributed by atoms with E-state index in [9.17, 15) is 15.4 Å². The SMILES string of the molecule is Cc1cc([N+](=O)[O-])ccc1-n1nc2c(c(C#N)c1=N)CCOC2. The molecule has 0 spiro atoms. The summed E-state index contributed by atoms with van der Waals surface area (Å²) in [7, 11) is 0. The first kappa shape index (κ1) is 14.9. The van der Waals surface area contributed by atoms with Crippen molar-refractivity contribution in [2.24, 2.45) is 0 Å². The van der Waals surface area contributed by atoms with Crippen LogP contribution in [0.15, 0.2) is 18.2 Å². The Hall–Kier alpha value is -3.05. The Morgan fingerprint density at radius 2 is 2.30 bits per heavy atom. The van der Waals surface area contributed by atoms with Crippen LogP contribution in [0.3, 0.4) is 0 Å². The van der Waals surface area contributed by atoms with Crippen LogP contribution in [0, 0.1) is 33.8 Å². The van der Waals surface area contributed by atoms with Crippen LogP contribution < -0.4 is 5.49 Å². The van der Waals surface area contributed by atoms with Crippen LogP contribution in [0.1, 0.15) is 22.4 Å². The number of non-ortho nitro benzene ring substituents is 1. The zero-order chi connectivity index (χ0) is 16.6. The molecule has 1 aliphatic rings. The summed E-state index contributed by atoms with van der Waals surface area (Å²) >= 11 is 0. The highest BCUT2D eigenvalue weighted by Crippen LogP contribution is 2.21. The van der Waals surface area contributed by atoms with Gasteiger partial charge in [0.15, 0.2) is 5.49 Å². The lowest BCUT2D eigenvalue weighted by atomic mass is 10.0. The summed E-state index contributed by atoms with van der Waals surface area (Å²) in [4.78, 5) is 10.4. The van der Waals surface area contributed by atoms with Crippen molar-refractivity contribution >= 4 is 5.69 Å². The van der Waals surface area contributed by atoms with Crippen molar-refractivity contribution in [2.45, 2.75) is 20.0 Å². The number of benzene rings is 1. The molecule has 0 saturated carbocycles. The summed E-state index contributed by atoms with van der Waals surface area (Å²) in [6.07, 6.45) is 0.553. The minimum Gasteiger partial charge on any atom is -0.375 e. The molecule has 1 aromatic heterocycles. The number of hydrogen-bond donors (Lipinski definition) is 1. The molecule has 0 atom stereocenters. The second-order valence-corrected chi connectivity index (χ2v) is 5.20. The molecule has 3 rings (SSSR count). The molecule has 23 heavy (non-hydrogen) atoms. The van der Waals surface area contributed by atoms with Gasteiger partial charge in [0, 0.05) is 17.7 Å². The van der Waals surface area contributed by atoms with E-state index in [0.717, 1.165) is 5.56 Å². The van der Waals surface area contributed by atoms with E-state index in [4.69, 9.17) is 10.1 Å². The molecule has 8 heteroatoms. The molecule has 2 heterocycles. The van der Waals surface area contributed by atoms with Gasteiger partial charge in [0.25, 0.3) is 5.69 Å². The number of nitro groups is 1. The summed E-state index contributed by atoms with van der Waals surface area (Å²) < 4.78 is 6.71. The van der Waals surface area contributed by atoms with Gasteiger partial charge in [-0.05, 0) is 25.0 Å². The smallest absolute Gasteiger partial charge is 0.269 e.